The summed E-state index contributed by atoms with van der Waals surface area (Å²) in [5.74, 6) is -0.274. The topological polar surface area (TPSA) is 92.5 Å². The lowest BCUT2D eigenvalue weighted by Gasteiger charge is -2.28. The van der Waals surface area contributed by atoms with Crippen LogP contribution in [0.3, 0.4) is 0 Å². The summed E-state index contributed by atoms with van der Waals surface area (Å²) >= 11 is 0. The Bertz CT molecular complexity index is 931. The molecule has 1 aromatic carbocycles. The first-order valence-corrected chi connectivity index (χ1v) is 9.01. The van der Waals surface area contributed by atoms with Crippen LogP contribution in [0.5, 0.6) is 0 Å². The highest BCUT2D eigenvalue weighted by Gasteiger charge is 2.31. The standard InChI is InChI=1S/C16H19N3O4S/c1-10-6-13(16(20)21)7-15(11(10)2)24(22,23)18-4-5-19-12(3)17-8-14(19)9-18/h6-8H,4-5,9H2,1-3H3,(H,20,21). The second kappa shape index (κ2) is 5.71. The third kappa shape index (κ3) is 2.61. The van der Waals surface area contributed by atoms with Gasteiger partial charge in [-0.2, -0.15) is 4.31 Å². The van der Waals surface area contributed by atoms with Gasteiger partial charge in [0.05, 0.1) is 22.7 Å². The van der Waals surface area contributed by atoms with Gasteiger partial charge in [-0.25, -0.2) is 18.2 Å². The second-order valence-corrected chi connectivity index (χ2v) is 7.91. The fourth-order valence-electron chi connectivity index (χ4n) is 2.98. The van der Waals surface area contributed by atoms with E-state index in [9.17, 15) is 18.3 Å². The molecule has 1 aliphatic heterocycles. The highest BCUT2D eigenvalue weighted by molar-refractivity contribution is 7.89. The van der Waals surface area contributed by atoms with Gasteiger partial charge in [0, 0.05) is 19.3 Å². The summed E-state index contributed by atoms with van der Waals surface area (Å²) in [6.07, 6.45) is 1.68. The lowest BCUT2D eigenvalue weighted by molar-refractivity contribution is 0.0696. The summed E-state index contributed by atoms with van der Waals surface area (Å²) in [5.41, 5.74) is 2.04. The number of aromatic carboxylic acids is 1. The van der Waals surface area contributed by atoms with Crippen molar-refractivity contribution in [1.29, 1.82) is 0 Å². The van der Waals surface area contributed by atoms with E-state index in [1.54, 1.807) is 20.0 Å². The van der Waals surface area contributed by atoms with Gasteiger partial charge in [0.25, 0.3) is 0 Å². The molecule has 0 saturated carbocycles. The molecule has 0 unspecified atom stereocenters. The number of carboxylic acid groups (broad SMARTS) is 1. The normalized spacial score (nSPS) is 15.3. The summed E-state index contributed by atoms with van der Waals surface area (Å²) < 4.78 is 29.5. The maximum Gasteiger partial charge on any atom is 0.335 e. The number of hydrogen-bond donors (Lipinski definition) is 1. The molecule has 24 heavy (non-hydrogen) atoms. The largest absolute Gasteiger partial charge is 0.478 e. The highest BCUT2D eigenvalue weighted by Crippen LogP contribution is 2.27. The molecule has 1 aliphatic rings. The predicted molar refractivity (Wildman–Crippen MR) is 87.4 cm³/mol. The molecule has 0 bridgehead atoms. The zero-order valence-electron chi connectivity index (χ0n) is 13.8. The van der Waals surface area contributed by atoms with Crippen molar-refractivity contribution < 1.29 is 18.3 Å². The van der Waals surface area contributed by atoms with Gasteiger partial charge in [-0.3, -0.25) is 0 Å². The average Bonchev–Trinajstić information content (AvgIpc) is 2.90. The van der Waals surface area contributed by atoms with E-state index >= 15 is 0 Å². The number of aromatic nitrogens is 2. The average molecular weight is 349 g/mol. The van der Waals surface area contributed by atoms with Crippen LogP contribution in [-0.4, -0.2) is 39.9 Å². The fraction of sp³-hybridized carbons (Fsp3) is 0.375. The van der Waals surface area contributed by atoms with Gasteiger partial charge in [0.2, 0.25) is 10.0 Å². The molecular weight excluding hydrogens is 330 g/mol. The first-order valence-electron chi connectivity index (χ1n) is 7.57. The monoisotopic (exact) mass is 349 g/mol. The van der Waals surface area contributed by atoms with Gasteiger partial charge < -0.3 is 9.67 Å². The number of rotatable bonds is 3. The van der Waals surface area contributed by atoms with Crippen LogP contribution in [0.4, 0.5) is 0 Å². The first kappa shape index (κ1) is 16.7. The number of hydrogen-bond acceptors (Lipinski definition) is 4. The molecular formula is C16H19N3O4S. The molecule has 1 N–H and O–H groups in total. The van der Waals surface area contributed by atoms with Crippen molar-refractivity contribution in [2.45, 2.75) is 38.8 Å². The van der Waals surface area contributed by atoms with E-state index in [0.717, 1.165) is 11.5 Å². The number of aryl methyl sites for hydroxylation is 2. The molecule has 3 rings (SSSR count). The summed E-state index contributed by atoms with van der Waals surface area (Å²) in [4.78, 5) is 15.5. The molecule has 0 aliphatic carbocycles. The molecule has 0 radical (unpaired) electrons. The third-order valence-electron chi connectivity index (χ3n) is 4.53. The van der Waals surface area contributed by atoms with Crippen LogP contribution in [0.2, 0.25) is 0 Å². The SMILES string of the molecule is Cc1cc(C(=O)O)cc(S(=O)(=O)N2CCn3c(cnc3C)C2)c1C. The first-order chi connectivity index (χ1) is 11.2. The van der Waals surface area contributed by atoms with Gasteiger partial charge in [-0.1, -0.05) is 0 Å². The lowest BCUT2D eigenvalue weighted by atomic mass is 10.1. The molecule has 128 valence electrons. The Hall–Kier alpha value is -2.19. The molecule has 0 atom stereocenters. The van der Waals surface area contributed by atoms with Crippen molar-refractivity contribution in [3.05, 3.63) is 46.5 Å². The predicted octanol–water partition coefficient (Wildman–Crippen LogP) is 1.71. The lowest BCUT2D eigenvalue weighted by Crippen LogP contribution is -2.38. The molecule has 0 spiro atoms. The number of imidazole rings is 1. The Labute approximate surface area is 140 Å². The Kier molecular flexibility index (Phi) is 3.97. The fourth-order valence-corrected chi connectivity index (χ4v) is 4.71. The number of sulfonamides is 1. The smallest absolute Gasteiger partial charge is 0.335 e. The molecule has 0 fully saturated rings. The second-order valence-electron chi connectivity index (χ2n) is 6.01. The summed E-state index contributed by atoms with van der Waals surface area (Å²) in [7, 11) is -3.78. The Balaban J connectivity index is 2.04. The molecule has 2 heterocycles. The van der Waals surface area contributed by atoms with Crippen molar-refractivity contribution in [1.82, 2.24) is 13.9 Å². The minimum Gasteiger partial charge on any atom is -0.478 e. The van der Waals surface area contributed by atoms with E-state index in [1.807, 2.05) is 11.5 Å². The summed E-state index contributed by atoms with van der Waals surface area (Å²) in [6, 6.07) is 2.74. The van der Waals surface area contributed by atoms with Crippen LogP contribution >= 0.6 is 0 Å². The molecule has 0 saturated heterocycles. The molecule has 2 aromatic rings. The Morgan fingerprint density at radius 3 is 2.58 bits per heavy atom. The van der Waals surface area contributed by atoms with E-state index in [-0.39, 0.29) is 17.0 Å². The minimum absolute atomic E-state index is 0.0189. The van der Waals surface area contributed by atoms with Crippen molar-refractivity contribution in [2.24, 2.45) is 0 Å². The third-order valence-corrected chi connectivity index (χ3v) is 6.50. The van der Waals surface area contributed by atoms with Gasteiger partial charge in [0.15, 0.2) is 0 Å². The minimum atomic E-state index is -3.78. The van der Waals surface area contributed by atoms with Crippen molar-refractivity contribution in [3.63, 3.8) is 0 Å². The number of fused-ring (bicyclic) bond motifs is 1. The van der Waals surface area contributed by atoms with Crippen molar-refractivity contribution in [2.75, 3.05) is 6.54 Å². The van der Waals surface area contributed by atoms with Crippen molar-refractivity contribution >= 4 is 16.0 Å². The zero-order valence-corrected chi connectivity index (χ0v) is 14.6. The Morgan fingerprint density at radius 2 is 1.92 bits per heavy atom. The molecule has 7 nitrogen and oxygen atoms in total. The maximum atomic E-state index is 13.1. The summed E-state index contributed by atoms with van der Waals surface area (Å²) in [6.45, 7) is 6.41. The van der Waals surface area contributed by atoms with Gasteiger partial charge >= 0.3 is 5.97 Å². The van der Waals surface area contributed by atoms with E-state index < -0.39 is 16.0 Å². The number of carboxylic acids is 1. The number of carbonyl (C=O) groups is 1. The highest BCUT2D eigenvalue weighted by atomic mass is 32.2. The van der Waals surface area contributed by atoms with Crippen LogP contribution in [0.1, 0.15) is 33.0 Å². The van der Waals surface area contributed by atoms with Crippen LogP contribution in [-0.2, 0) is 23.1 Å². The van der Waals surface area contributed by atoms with E-state index in [4.69, 9.17) is 0 Å². The Morgan fingerprint density at radius 1 is 1.21 bits per heavy atom. The molecule has 8 heteroatoms. The van der Waals surface area contributed by atoms with E-state index in [1.165, 1.54) is 16.4 Å². The molecule has 1 aromatic heterocycles. The summed E-state index contributed by atoms with van der Waals surface area (Å²) in [5, 5.41) is 9.21. The molecule has 0 amide bonds. The number of nitrogens with zero attached hydrogens (tertiary/aromatic N) is 3. The van der Waals surface area contributed by atoms with Gasteiger partial charge in [0.1, 0.15) is 5.82 Å². The van der Waals surface area contributed by atoms with Crippen LogP contribution in [0.15, 0.2) is 23.2 Å². The van der Waals surface area contributed by atoms with Crippen LogP contribution in [0.25, 0.3) is 0 Å². The van der Waals surface area contributed by atoms with Crippen molar-refractivity contribution in [3.8, 4) is 0 Å². The number of benzene rings is 1. The maximum absolute atomic E-state index is 13.1. The van der Waals surface area contributed by atoms with Gasteiger partial charge in [-0.05, 0) is 44.0 Å². The van der Waals surface area contributed by atoms with Crippen LogP contribution in [0, 0.1) is 20.8 Å². The van der Waals surface area contributed by atoms with E-state index in [0.29, 0.717) is 24.2 Å². The van der Waals surface area contributed by atoms with E-state index in [2.05, 4.69) is 4.98 Å². The zero-order chi connectivity index (χ0) is 17.6. The quantitative estimate of drug-likeness (QED) is 0.911. The van der Waals surface area contributed by atoms with Crippen LogP contribution < -0.4 is 0 Å². The van der Waals surface area contributed by atoms with Gasteiger partial charge in [-0.15, -0.1) is 0 Å².